The molecule has 0 amide bonds. The largest absolute Gasteiger partial charge is 0.870 e. The molecule has 1 rings (SSSR count). The van der Waals surface area contributed by atoms with Crippen molar-refractivity contribution in [1.29, 1.82) is 0 Å². The highest BCUT2D eigenvalue weighted by Gasteiger charge is 2.08. The number of carboxylic acids is 1. The lowest BCUT2D eigenvalue weighted by molar-refractivity contribution is -0.271. The van der Waals surface area contributed by atoms with Crippen molar-refractivity contribution in [2.24, 2.45) is 0 Å². The molecule has 0 saturated carbocycles. The fraction of sp³-hybridized carbons (Fsp3) is 0.486. The number of phenols is 1. The van der Waals surface area contributed by atoms with Gasteiger partial charge in [-0.3, -0.25) is 0 Å². The molecule has 0 unspecified atom stereocenters. The molecule has 4 heteroatoms. The second-order valence-electron chi connectivity index (χ2n) is 11.7. The third-order valence-corrected chi connectivity index (χ3v) is 7.28. The van der Waals surface area contributed by atoms with Crippen LogP contribution in [0.15, 0.2) is 82.0 Å². The molecule has 226 valence electrons. The summed E-state index contributed by atoms with van der Waals surface area (Å²) in [5.74, 6) is -2.18. The van der Waals surface area contributed by atoms with Gasteiger partial charge in [0.2, 0.25) is 0 Å². The molecule has 0 atom stereocenters. The van der Waals surface area contributed by atoms with E-state index in [0.29, 0.717) is 12.0 Å². The Morgan fingerprint density at radius 2 is 1.00 bits per heavy atom. The minimum absolute atomic E-state index is 0.0718. The molecule has 0 heterocycles. The molecule has 2 N–H and O–H groups in total. The number of carbonyl (C=O) groups is 1. The van der Waals surface area contributed by atoms with E-state index in [1.54, 1.807) is 0 Å². The molecule has 0 bridgehead atoms. The first-order valence-corrected chi connectivity index (χ1v) is 15.1. The third kappa shape index (κ3) is 16.6. The van der Waals surface area contributed by atoms with Gasteiger partial charge < -0.3 is 15.3 Å². The number of rotatable bonds is 18. The molecule has 41 heavy (non-hydrogen) atoms. The van der Waals surface area contributed by atoms with Gasteiger partial charge in [-0.25, -0.2) is 4.79 Å². The maximum Gasteiger partial charge on any atom is 0.335 e. The molecule has 0 aliphatic carbocycles. The molecule has 4 nitrogen and oxygen atoms in total. The number of aromatic carboxylic acids is 1. The summed E-state index contributed by atoms with van der Waals surface area (Å²) in [6.45, 7) is 15.2. The topological polar surface area (TPSA) is 80.6 Å². The third-order valence-electron chi connectivity index (χ3n) is 7.28. The van der Waals surface area contributed by atoms with Crippen molar-refractivity contribution in [2.45, 2.75) is 119 Å². The highest BCUT2D eigenvalue weighted by atomic mass is 16.4. The van der Waals surface area contributed by atoms with E-state index in [4.69, 9.17) is 5.11 Å². The summed E-state index contributed by atoms with van der Waals surface area (Å²) >= 11 is 0. The van der Waals surface area contributed by atoms with E-state index in [0.717, 1.165) is 75.8 Å². The molecule has 0 saturated heterocycles. The van der Waals surface area contributed by atoms with Crippen molar-refractivity contribution in [3.63, 3.8) is 0 Å². The van der Waals surface area contributed by atoms with Crippen molar-refractivity contribution in [3.8, 4) is 11.5 Å². The van der Waals surface area contributed by atoms with Gasteiger partial charge in [0.05, 0.1) is 5.56 Å². The van der Waals surface area contributed by atoms with Crippen LogP contribution in [0, 0.1) is 0 Å². The number of aromatic hydroxyl groups is 1. The maximum absolute atomic E-state index is 12.1. The Kier molecular flexibility index (Phi) is 17.2. The zero-order valence-corrected chi connectivity index (χ0v) is 26.6. The lowest BCUT2D eigenvalue weighted by Crippen LogP contribution is -2.02. The van der Waals surface area contributed by atoms with Gasteiger partial charge in [0, 0.05) is 0 Å². The van der Waals surface area contributed by atoms with Crippen LogP contribution in [-0.4, -0.2) is 16.2 Å². The lowest BCUT2D eigenvalue weighted by Gasteiger charge is -2.15. The predicted octanol–water partition coefficient (Wildman–Crippen LogP) is 10.3. The second kappa shape index (κ2) is 19.7. The molecular formula is C37H53O4-. The zero-order valence-electron chi connectivity index (χ0n) is 26.6. The molecule has 0 aliphatic rings. The van der Waals surface area contributed by atoms with Crippen molar-refractivity contribution in [2.75, 3.05) is 0 Å². The Balaban J connectivity index is 2.37. The summed E-state index contributed by atoms with van der Waals surface area (Å²) in [5.41, 5.74) is 8.57. The number of carboxylic acid groups (broad SMARTS) is 1. The van der Waals surface area contributed by atoms with Crippen LogP contribution in [0.2, 0.25) is 0 Å². The average molecular weight is 562 g/mol. The average Bonchev–Trinajstić information content (AvgIpc) is 2.89. The number of hydrogen-bond donors (Lipinski definition) is 2. The Morgan fingerprint density at radius 1 is 0.634 bits per heavy atom. The zero-order chi connectivity index (χ0) is 30.8. The van der Waals surface area contributed by atoms with E-state index in [1.807, 2.05) is 13.0 Å². The van der Waals surface area contributed by atoms with Crippen LogP contribution in [0.3, 0.4) is 0 Å². The van der Waals surface area contributed by atoms with Crippen LogP contribution in [0.5, 0.6) is 11.5 Å². The van der Waals surface area contributed by atoms with Gasteiger partial charge in [-0.2, -0.15) is 0 Å². The molecule has 0 aromatic heterocycles. The summed E-state index contributed by atoms with van der Waals surface area (Å²) in [6.07, 6.45) is 24.7. The van der Waals surface area contributed by atoms with Gasteiger partial charge >= 0.3 is 5.97 Å². The van der Waals surface area contributed by atoms with E-state index in [1.165, 1.54) is 33.9 Å². The summed E-state index contributed by atoms with van der Waals surface area (Å²) in [7, 11) is 0. The van der Waals surface area contributed by atoms with Crippen LogP contribution in [0.4, 0.5) is 0 Å². The van der Waals surface area contributed by atoms with Crippen LogP contribution in [0.25, 0.3) is 0 Å². The van der Waals surface area contributed by atoms with Crippen molar-refractivity contribution in [3.05, 3.63) is 93.2 Å². The smallest absolute Gasteiger partial charge is 0.335 e. The first kappa shape index (κ1) is 35.8. The van der Waals surface area contributed by atoms with Crippen LogP contribution in [0.1, 0.15) is 129 Å². The Morgan fingerprint density at radius 3 is 1.37 bits per heavy atom. The molecule has 0 fully saturated rings. The summed E-state index contributed by atoms with van der Waals surface area (Å²) in [4.78, 5) is 11.2. The summed E-state index contributed by atoms with van der Waals surface area (Å²) in [5, 5.41) is 31.0. The van der Waals surface area contributed by atoms with E-state index >= 15 is 0 Å². The summed E-state index contributed by atoms with van der Waals surface area (Å²) in [6, 6.07) is 2.35. The van der Waals surface area contributed by atoms with Gasteiger partial charge in [0.25, 0.3) is 0 Å². The first-order chi connectivity index (χ1) is 19.4. The number of hydrogen-bond acceptors (Lipinski definition) is 3. The van der Waals surface area contributed by atoms with Crippen molar-refractivity contribution in [1.82, 2.24) is 0 Å². The quantitative estimate of drug-likeness (QED) is 0.175. The summed E-state index contributed by atoms with van der Waals surface area (Å²) < 4.78 is 0. The van der Waals surface area contributed by atoms with Gasteiger partial charge in [0.1, 0.15) is 5.75 Å². The van der Waals surface area contributed by atoms with Gasteiger partial charge in [0.15, 0.2) is 0 Å². The molecule has 0 spiro atoms. The van der Waals surface area contributed by atoms with Crippen molar-refractivity contribution < 1.29 is 20.1 Å². The molecule has 1 aromatic carbocycles. The van der Waals surface area contributed by atoms with E-state index in [2.05, 4.69) is 71.9 Å². The standard InChI is InChI=1S/C37H54O4/c1-27(2)13-8-14-28(3)15-9-16-29(4)17-10-18-30(5)19-11-20-31(6)21-12-22-32(7)23-24-33-25-34(37(40)41)26-35(38)36(33)39/h13,15,17,19,21,23,25-26,38-39H,8-12,14,16,18,20,22,24H2,1-7H3,(H,40,41)/p-1/b28-15+,29-17+,30-19+,31-21+,32-23+. The van der Waals surface area contributed by atoms with Gasteiger partial charge in [-0.15, -0.1) is 0 Å². The van der Waals surface area contributed by atoms with E-state index in [-0.39, 0.29) is 5.56 Å². The Labute approximate surface area is 249 Å². The molecule has 1 aromatic rings. The van der Waals surface area contributed by atoms with Crippen LogP contribution >= 0.6 is 0 Å². The SMILES string of the molecule is CC(C)=CCC/C(C)=C/CC/C(C)=C/CC/C(C)=C/CC/C(C)=C/CC/C(C)=C/Cc1cc(C(=O)O)cc(O)c1[O-]. The second-order valence-corrected chi connectivity index (χ2v) is 11.7. The number of benzene rings is 1. The normalized spacial score (nSPS) is 13.5. The first-order valence-electron chi connectivity index (χ1n) is 15.1. The minimum Gasteiger partial charge on any atom is -0.870 e. The highest BCUT2D eigenvalue weighted by molar-refractivity contribution is 5.88. The fourth-order valence-electron chi connectivity index (χ4n) is 4.52. The molecule has 0 aliphatic heterocycles. The monoisotopic (exact) mass is 561 g/mol. The van der Waals surface area contributed by atoms with Crippen molar-refractivity contribution >= 4 is 5.97 Å². The molecular weight excluding hydrogens is 508 g/mol. The minimum atomic E-state index is -1.16. The maximum atomic E-state index is 12.1. The predicted molar refractivity (Wildman–Crippen MR) is 173 cm³/mol. The van der Waals surface area contributed by atoms with E-state index in [9.17, 15) is 15.0 Å². The molecule has 0 radical (unpaired) electrons. The lowest BCUT2D eigenvalue weighted by atomic mass is 10.0. The Hall–Kier alpha value is -3.27. The fourth-order valence-corrected chi connectivity index (χ4v) is 4.52. The van der Waals surface area contributed by atoms with E-state index < -0.39 is 17.5 Å². The highest BCUT2D eigenvalue weighted by Crippen LogP contribution is 2.29. The Bertz CT molecular complexity index is 1170. The number of allylic oxidation sites excluding steroid dienone is 12. The van der Waals surface area contributed by atoms with Crippen LogP contribution in [-0.2, 0) is 6.42 Å². The van der Waals surface area contributed by atoms with Crippen LogP contribution < -0.4 is 5.11 Å². The van der Waals surface area contributed by atoms with Gasteiger partial charge in [-0.05, 0) is 137 Å². The number of phenolic OH excluding ortho intramolecular Hbond substituents is 1. The van der Waals surface area contributed by atoms with Gasteiger partial charge in [-0.1, -0.05) is 75.6 Å².